The number of nitrogens with one attached hydrogen (secondary N) is 1. The van der Waals surface area contributed by atoms with Crippen LogP contribution in [0, 0.1) is 11.7 Å². The predicted molar refractivity (Wildman–Crippen MR) is 85.0 cm³/mol. The number of hydrogen-bond acceptors (Lipinski definition) is 2. The Morgan fingerprint density at radius 2 is 2.11 bits per heavy atom. The molecular formula is C14H13ClN2S2. The second kappa shape index (κ2) is 4.78. The second-order valence-corrected chi connectivity index (χ2v) is 6.72. The fourth-order valence-corrected chi connectivity index (χ4v) is 3.87. The zero-order valence-corrected chi connectivity index (χ0v) is 13.0. The zero-order valence-electron chi connectivity index (χ0n) is 10.6. The van der Waals surface area contributed by atoms with E-state index in [0.29, 0.717) is 0 Å². The summed E-state index contributed by atoms with van der Waals surface area (Å²) in [4.78, 5) is 4.49. The Morgan fingerprint density at radius 3 is 2.79 bits per heavy atom. The number of nitrogens with zero attached hydrogens (tertiary/aromatic N) is 1. The summed E-state index contributed by atoms with van der Waals surface area (Å²) in [5.74, 6) is 0. The maximum absolute atomic E-state index is 6.03. The summed E-state index contributed by atoms with van der Waals surface area (Å²) in [6, 6.07) is 10.4. The largest absolute Gasteiger partial charge is 0.331 e. The van der Waals surface area contributed by atoms with Crippen molar-refractivity contribution in [3.63, 3.8) is 0 Å². The minimum atomic E-state index is 0.180. The molecule has 1 N–H and O–H groups in total. The molecule has 0 aliphatic carbocycles. The molecule has 0 amide bonds. The number of rotatable bonds is 2. The van der Waals surface area contributed by atoms with Gasteiger partial charge in [0.2, 0.25) is 0 Å². The lowest BCUT2D eigenvalue weighted by Gasteiger charge is -2.14. The standard InChI is InChI=1S/C14H13ClN2S2/c1-8-4-3-5-10-13(8)17(14(18)16-10)9(2)11-6-7-12(15)19-11/h3-7,9H,1-2H3,(H,16,18). The topological polar surface area (TPSA) is 20.7 Å². The lowest BCUT2D eigenvalue weighted by Crippen LogP contribution is -2.05. The molecule has 2 aromatic heterocycles. The van der Waals surface area contributed by atoms with Crippen molar-refractivity contribution in [2.45, 2.75) is 19.9 Å². The van der Waals surface area contributed by atoms with Crippen molar-refractivity contribution in [2.24, 2.45) is 0 Å². The number of aryl methyl sites for hydroxylation is 1. The van der Waals surface area contributed by atoms with Gasteiger partial charge in [0.25, 0.3) is 0 Å². The SMILES string of the molecule is Cc1cccc2[nH]c(=S)n(C(C)c3ccc(Cl)s3)c12. The number of thiophene rings is 1. The molecule has 0 spiro atoms. The van der Waals surface area contributed by atoms with Gasteiger partial charge in [0.1, 0.15) is 0 Å². The predicted octanol–water partition coefficient (Wildman–Crippen LogP) is 5.33. The molecule has 0 saturated carbocycles. The molecule has 98 valence electrons. The van der Waals surface area contributed by atoms with Crippen LogP contribution in [0.2, 0.25) is 4.34 Å². The summed E-state index contributed by atoms with van der Waals surface area (Å²) in [6.45, 7) is 4.26. The number of imidazole rings is 1. The lowest BCUT2D eigenvalue weighted by molar-refractivity contribution is 0.659. The highest BCUT2D eigenvalue weighted by molar-refractivity contribution is 7.71. The van der Waals surface area contributed by atoms with Crippen LogP contribution in [-0.2, 0) is 0 Å². The molecular weight excluding hydrogens is 296 g/mol. The first-order chi connectivity index (χ1) is 9.08. The van der Waals surface area contributed by atoms with Crippen LogP contribution in [0.4, 0.5) is 0 Å². The van der Waals surface area contributed by atoms with Gasteiger partial charge in [0.15, 0.2) is 4.77 Å². The summed E-state index contributed by atoms with van der Waals surface area (Å²) < 4.78 is 3.73. The van der Waals surface area contributed by atoms with Gasteiger partial charge in [0, 0.05) is 4.88 Å². The monoisotopic (exact) mass is 308 g/mol. The van der Waals surface area contributed by atoms with E-state index in [1.807, 2.05) is 12.1 Å². The van der Waals surface area contributed by atoms with Gasteiger partial charge in [-0.05, 0) is 49.8 Å². The highest BCUT2D eigenvalue weighted by atomic mass is 35.5. The molecule has 5 heteroatoms. The van der Waals surface area contributed by atoms with E-state index in [4.69, 9.17) is 23.8 Å². The van der Waals surface area contributed by atoms with Gasteiger partial charge in [-0.1, -0.05) is 23.7 Å². The average molecular weight is 309 g/mol. The van der Waals surface area contributed by atoms with Gasteiger partial charge in [0.05, 0.1) is 21.4 Å². The Bertz CT molecular complexity index is 797. The van der Waals surface area contributed by atoms with Crippen molar-refractivity contribution < 1.29 is 0 Å². The van der Waals surface area contributed by atoms with Gasteiger partial charge >= 0.3 is 0 Å². The Hall–Kier alpha value is -1.10. The van der Waals surface area contributed by atoms with Gasteiger partial charge < -0.3 is 9.55 Å². The molecule has 1 aromatic carbocycles. The number of para-hydroxylation sites is 1. The molecule has 3 aromatic rings. The third-order valence-electron chi connectivity index (χ3n) is 3.33. The Balaban J connectivity index is 2.25. The van der Waals surface area contributed by atoms with Crippen LogP contribution in [0.1, 0.15) is 23.4 Å². The van der Waals surface area contributed by atoms with Crippen LogP contribution in [0.3, 0.4) is 0 Å². The van der Waals surface area contributed by atoms with E-state index in [1.54, 1.807) is 11.3 Å². The average Bonchev–Trinajstić information content (AvgIpc) is 2.92. The van der Waals surface area contributed by atoms with Crippen LogP contribution >= 0.6 is 35.2 Å². The van der Waals surface area contributed by atoms with Crippen molar-refractivity contribution in [1.29, 1.82) is 0 Å². The highest BCUT2D eigenvalue weighted by Gasteiger charge is 2.15. The number of aromatic amines is 1. The third-order valence-corrected chi connectivity index (χ3v) is 5.03. The van der Waals surface area contributed by atoms with E-state index in [2.05, 4.69) is 41.6 Å². The molecule has 2 heterocycles. The lowest BCUT2D eigenvalue weighted by atomic mass is 10.2. The van der Waals surface area contributed by atoms with Crippen molar-refractivity contribution in [2.75, 3.05) is 0 Å². The Morgan fingerprint density at radius 1 is 1.32 bits per heavy atom. The molecule has 0 bridgehead atoms. The molecule has 0 aliphatic rings. The van der Waals surface area contributed by atoms with Gasteiger partial charge in [-0.25, -0.2) is 0 Å². The Labute approximate surface area is 125 Å². The fraction of sp³-hybridized carbons (Fsp3) is 0.214. The molecule has 2 nitrogen and oxygen atoms in total. The summed E-state index contributed by atoms with van der Waals surface area (Å²) in [7, 11) is 0. The molecule has 19 heavy (non-hydrogen) atoms. The summed E-state index contributed by atoms with van der Waals surface area (Å²) in [6.07, 6.45) is 0. The highest BCUT2D eigenvalue weighted by Crippen LogP contribution is 2.32. The molecule has 0 saturated heterocycles. The number of H-pyrrole nitrogens is 1. The Kier molecular flexibility index (Phi) is 3.25. The zero-order chi connectivity index (χ0) is 13.6. The van der Waals surface area contributed by atoms with Gasteiger partial charge in [-0.2, -0.15) is 0 Å². The van der Waals surface area contributed by atoms with E-state index in [-0.39, 0.29) is 6.04 Å². The molecule has 1 unspecified atom stereocenters. The van der Waals surface area contributed by atoms with Crippen molar-refractivity contribution in [3.05, 3.63) is 49.9 Å². The first kappa shape index (κ1) is 12.9. The number of fused-ring (bicyclic) bond motifs is 1. The molecule has 3 rings (SSSR count). The van der Waals surface area contributed by atoms with Crippen LogP contribution in [-0.4, -0.2) is 9.55 Å². The summed E-state index contributed by atoms with van der Waals surface area (Å²) in [5.41, 5.74) is 3.48. The summed E-state index contributed by atoms with van der Waals surface area (Å²) in [5, 5.41) is 0. The van der Waals surface area contributed by atoms with Crippen LogP contribution in [0.5, 0.6) is 0 Å². The number of hydrogen-bond donors (Lipinski definition) is 1. The van der Waals surface area contributed by atoms with Crippen molar-refractivity contribution >= 4 is 46.2 Å². The molecule has 0 aliphatic heterocycles. The van der Waals surface area contributed by atoms with Crippen molar-refractivity contribution in [1.82, 2.24) is 9.55 Å². The van der Waals surface area contributed by atoms with Crippen molar-refractivity contribution in [3.8, 4) is 0 Å². The minimum absolute atomic E-state index is 0.180. The normalized spacial score (nSPS) is 13.0. The first-order valence-electron chi connectivity index (χ1n) is 6.03. The van der Waals surface area contributed by atoms with Gasteiger partial charge in [-0.3, -0.25) is 0 Å². The smallest absolute Gasteiger partial charge is 0.178 e. The molecule has 0 fully saturated rings. The first-order valence-corrected chi connectivity index (χ1v) is 7.63. The van der Waals surface area contributed by atoms with E-state index < -0.39 is 0 Å². The van der Waals surface area contributed by atoms with Crippen LogP contribution < -0.4 is 0 Å². The number of aromatic nitrogens is 2. The van der Waals surface area contributed by atoms with E-state index in [0.717, 1.165) is 14.6 Å². The fourth-order valence-electron chi connectivity index (χ4n) is 2.41. The second-order valence-electron chi connectivity index (χ2n) is 4.59. The van der Waals surface area contributed by atoms with E-state index in [1.165, 1.54) is 16.0 Å². The maximum atomic E-state index is 6.03. The van der Waals surface area contributed by atoms with E-state index >= 15 is 0 Å². The summed E-state index contributed by atoms with van der Waals surface area (Å²) >= 11 is 13.1. The number of halogens is 1. The number of benzene rings is 1. The van der Waals surface area contributed by atoms with Crippen LogP contribution in [0.25, 0.3) is 11.0 Å². The minimum Gasteiger partial charge on any atom is -0.331 e. The van der Waals surface area contributed by atoms with Gasteiger partial charge in [-0.15, -0.1) is 11.3 Å². The molecule has 1 atom stereocenters. The third kappa shape index (κ3) is 2.14. The molecule has 0 radical (unpaired) electrons. The quantitative estimate of drug-likeness (QED) is 0.634. The maximum Gasteiger partial charge on any atom is 0.178 e. The van der Waals surface area contributed by atoms with Crippen LogP contribution in [0.15, 0.2) is 30.3 Å². The van der Waals surface area contributed by atoms with E-state index in [9.17, 15) is 0 Å².